The summed E-state index contributed by atoms with van der Waals surface area (Å²) in [5, 5.41) is 7.08. The number of likely N-dealkylation sites (N-methyl/N-ethyl adjacent to an activating group) is 1. The van der Waals surface area contributed by atoms with Crippen LogP contribution in [0.25, 0.3) is 22.2 Å². The summed E-state index contributed by atoms with van der Waals surface area (Å²) in [5.74, 6) is 0.933. The Morgan fingerprint density at radius 1 is 1.00 bits per heavy atom. The van der Waals surface area contributed by atoms with Crippen LogP contribution < -0.4 is 30.6 Å². The van der Waals surface area contributed by atoms with Crippen LogP contribution in [0.1, 0.15) is 5.56 Å². The van der Waals surface area contributed by atoms with Crippen LogP contribution in [0.3, 0.4) is 0 Å². The van der Waals surface area contributed by atoms with Crippen LogP contribution in [0.15, 0.2) is 89.9 Å². The van der Waals surface area contributed by atoms with Crippen LogP contribution in [0, 0.1) is 0 Å². The average Bonchev–Trinajstić information content (AvgIpc) is 3.13. The van der Waals surface area contributed by atoms with E-state index in [9.17, 15) is 9.59 Å². The summed E-state index contributed by atoms with van der Waals surface area (Å²) in [5.41, 5.74) is 4.13. The van der Waals surface area contributed by atoms with Gasteiger partial charge in [-0.15, -0.1) is 0 Å². The molecule has 1 amide bonds. The summed E-state index contributed by atoms with van der Waals surface area (Å²) >= 11 is 6.78. The molecule has 13 heteroatoms. The molecule has 1 aliphatic heterocycles. The molecule has 0 atom stereocenters. The number of benzene rings is 3. The summed E-state index contributed by atoms with van der Waals surface area (Å²) in [6.45, 7) is 3.89. The van der Waals surface area contributed by atoms with Crippen molar-refractivity contribution >= 4 is 51.6 Å². The second kappa shape index (κ2) is 16.1. The maximum Gasteiger partial charge on any atom is 0.260 e. The number of hydrogen-bond donors (Lipinski definition) is 2. The van der Waals surface area contributed by atoms with Crippen molar-refractivity contribution in [2.45, 2.75) is 6.54 Å². The van der Waals surface area contributed by atoms with Gasteiger partial charge in [0.15, 0.2) is 0 Å². The highest BCUT2D eigenvalue weighted by atomic mass is 35.5. The summed E-state index contributed by atoms with van der Waals surface area (Å²) in [4.78, 5) is 40.7. The topological polar surface area (TPSA) is 123 Å². The Balaban J connectivity index is 1.38. The van der Waals surface area contributed by atoms with Gasteiger partial charge in [-0.05, 0) is 68.2 Å². The summed E-state index contributed by atoms with van der Waals surface area (Å²) in [6, 6.07) is 20.5. The zero-order valence-corrected chi connectivity index (χ0v) is 29.7. The zero-order valence-electron chi connectivity index (χ0n) is 29.0. The SMILES string of the molecule is COc1cc(OC)c(Cl)c(-c2cc3cnc(Nc4ccc(N5CCOCC5)cc4)nc3n(Cc3cccc(NC(=O)/C=C/CN(C)C)c3)c2=O)c1. The van der Waals surface area contributed by atoms with Crippen molar-refractivity contribution in [1.82, 2.24) is 19.4 Å². The molecule has 51 heavy (non-hydrogen) atoms. The molecule has 0 saturated carbocycles. The molecule has 0 spiro atoms. The van der Waals surface area contributed by atoms with Gasteiger partial charge in [-0.25, -0.2) is 4.98 Å². The smallest absolute Gasteiger partial charge is 0.260 e. The lowest BCUT2D eigenvalue weighted by Crippen LogP contribution is -2.36. The normalized spacial score (nSPS) is 13.2. The fourth-order valence-electron chi connectivity index (χ4n) is 5.78. The van der Waals surface area contributed by atoms with Crippen molar-refractivity contribution in [3.8, 4) is 22.6 Å². The first kappa shape index (κ1) is 35.4. The Kier molecular flexibility index (Phi) is 11.2. The number of ether oxygens (including phenoxy) is 3. The van der Waals surface area contributed by atoms with Crippen molar-refractivity contribution in [3.05, 3.63) is 106 Å². The van der Waals surface area contributed by atoms with Crippen LogP contribution in [-0.4, -0.2) is 86.5 Å². The number of aromatic nitrogens is 3. The molecule has 0 radical (unpaired) electrons. The molecule has 1 saturated heterocycles. The number of nitrogens with one attached hydrogen (secondary N) is 2. The minimum absolute atomic E-state index is 0.146. The standard InChI is InChI=1S/C38H40ClN7O5/c1-44(2)14-6-9-34(47)41-28-8-5-7-25(19-28)24-46-36-26(20-32(37(46)48)31-21-30(49-3)22-33(50-4)35(31)39)23-40-38(43-36)42-27-10-12-29(13-11-27)45-15-17-51-18-16-45/h5-13,19-23H,14-18,24H2,1-4H3,(H,41,47)(H,40,42,43)/b9-6+. The fourth-order valence-corrected chi connectivity index (χ4v) is 6.07. The zero-order chi connectivity index (χ0) is 35.9. The lowest BCUT2D eigenvalue weighted by Gasteiger charge is -2.28. The van der Waals surface area contributed by atoms with Gasteiger partial charge in [-0.1, -0.05) is 29.8 Å². The molecule has 6 rings (SSSR count). The number of hydrogen-bond acceptors (Lipinski definition) is 10. The van der Waals surface area contributed by atoms with Crippen LogP contribution in [0.5, 0.6) is 11.5 Å². The predicted octanol–water partition coefficient (Wildman–Crippen LogP) is 5.81. The van der Waals surface area contributed by atoms with Gasteiger partial charge in [-0.2, -0.15) is 4.98 Å². The van der Waals surface area contributed by atoms with Crippen molar-refractivity contribution in [2.75, 3.05) is 76.7 Å². The number of morpholine rings is 1. The van der Waals surface area contributed by atoms with E-state index in [0.717, 1.165) is 30.0 Å². The molecule has 0 bridgehead atoms. The Bertz CT molecular complexity index is 2110. The van der Waals surface area contributed by atoms with Gasteiger partial charge in [0.1, 0.15) is 17.1 Å². The molecule has 2 aromatic heterocycles. The molecular weight excluding hydrogens is 670 g/mol. The Morgan fingerprint density at radius 2 is 1.78 bits per heavy atom. The first-order valence-corrected chi connectivity index (χ1v) is 16.8. The van der Waals surface area contributed by atoms with Gasteiger partial charge in [0.05, 0.1) is 39.0 Å². The first-order valence-electron chi connectivity index (χ1n) is 16.5. The van der Waals surface area contributed by atoms with Gasteiger partial charge in [0.25, 0.3) is 5.56 Å². The number of nitrogens with zero attached hydrogens (tertiary/aromatic N) is 5. The number of fused-ring (bicyclic) bond motifs is 1. The van der Waals surface area contributed by atoms with Gasteiger partial charge in [-0.3, -0.25) is 14.2 Å². The van der Waals surface area contributed by atoms with E-state index in [0.29, 0.717) is 65.1 Å². The summed E-state index contributed by atoms with van der Waals surface area (Å²) < 4.78 is 18.0. The van der Waals surface area contributed by atoms with E-state index in [1.807, 2.05) is 61.5 Å². The number of carbonyl (C=O) groups excluding carboxylic acids is 1. The molecule has 3 heterocycles. The molecule has 264 valence electrons. The van der Waals surface area contributed by atoms with Crippen LogP contribution in [0.4, 0.5) is 23.0 Å². The minimum atomic E-state index is -0.333. The van der Waals surface area contributed by atoms with Crippen LogP contribution in [0.2, 0.25) is 5.02 Å². The van der Waals surface area contributed by atoms with E-state index >= 15 is 0 Å². The highest BCUT2D eigenvalue weighted by molar-refractivity contribution is 6.35. The van der Waals surface area contributed by atoms with E-state index in [1.54, 1.807) is 41.1 Å². The largest absolute Gasteiger partial charge is 0.497 e. The van der Waals surface area contributed by atoms with Crippen molar-refractivity contribution < 1.29 is 19.0 Å². The molecule has 0 unspecified atom stereocenters. The number of halogens is 1. The van der Waals surface area contributed by atoms with Gasteiger partial charge < -0.3 is 34.6 Å². The predicted molar refractivity (Wildman–Crippen MR) is 202 cm³/mol. The van der Waals surface area contributed by atoms with Gasteiger partial charge in [0.2, 0.25) is 11.9 Å². The molecular formula is C38H40ClN7O5. The average molecular weight is 710 g/mol. The Morgan fingerprint density at radius 3 is 2.51 bits per heavy atom. The molecule has 1 aliphatic rings. The van der Waals surface area contributed by atoms with E-state index in [-0.39, 0.29) is 23.0 Å². The number of carbonyl (C=O) groups is 1. The second-order valence-corrected chi connectivity index (χ2v) is 12.6. The van der Waals surface area contributed by atoms with E-state index in [2.05, 4.69) is 20.5 Å². The second-order valence-electron chi connectivity index (χ2n) is 12.2. The third kappa shape index (κ3) is 8.48. The van der Waals surface area contributed by atoms with E-state index < -0.39 is 0 Å². The number of anilines is 4. The molecule has 1 fully saturated rings. The van der Waals surface area contributed by atoms with Crippen LogP contribution >= 0.6 is 11.6 Å². The van der Waals surface area contributed by atoms with Crippen molar-refractivity contribution in [3.63, 3.8) is 0 Å². The minimum Gasteiger partial charge on any atom is -0.497 e. The lowest BCUT2D eigenvalue weighted by molar-refractivity contribution is -0.111. The molecule has 12 nitrogen and oxygen atoms in total. The highest BCUT2D eigenvalue weighted by Crippen LogP contribution is 2.38. The summed E-state index contributed by atoms with van der Waals surface area (Å²) in [6.07, 6.45) is 4.97. The highest BCUT2D eigenvalue weighted by Gasteiger charge is 2.20. The maximum atomic E-state index is 14.5. The van der Waals surface area contributed by atoms with E-state index in [1.165, 1.54) is 20.3 Å². The van der Waals surface area contributed by atoms with Gasteiger partial charge in [0, 0.05) is 71.5 Å². The molecule has 3 aromatic carbocycles. The number of pyridine rings is 1. The Labute approximate surface area is 301 Å². The number of methoxy groups -OCH3 is 2. The van der Waals surface area contributed by atoms with Crippen molar-refractivity contribution in [2.24, 2.45) is 0 Å². The molecule has 5 aromatic rings. The van der Waals surface area contributed by atoms with E-state index in [4.69, 9.17) is 30.8 Å². The van der Waals surface area contributed by atoms with Crippen molar-refractivity contribution in [1.29, 1.82) is 0 Å². The number of rotatable bonds is 12. The third-order valence-corrected chi connectivity index (χ3v) is 8.75. The van der Waals surface area contributed by atoms with Gasteiger partial charge >= 0.3 is 0 Å². The molecule has 0 aliphatic carbocycles. The quantitative estimate of drug-likeness (QED) is 0.153. The monoisotopic (exact) mass is 709 g/mol. The summed E-state index contributed by atoms with van der Waals surface area (Å²) in [7, 11) is 6.90. The molecule has 2 N–H and O–H groups in total. The van der Waals surface area contributed by atoms with Crippen LogP contribution in [-0.2, 0) is 16.1 Å². The number of amides is 1. The fraction of sp³-hybridized carbons (Fsp3) is 0.263. The lowest BCUT2D eigenvalue weighted by atomic mass is 10.0. The first-order chi connectivity index (χ1) is 24.7. The third-order valence-electron chi connectivity index (χ3n) is 8.36. The Hall–Kier alpha value is -5.43. The maximum absolute atomic E-state index is 14.5.